The number of hydrogen-bond acceptors (Lipinski definition) is 4. The van der Waals surface area contributed by atoms with E-state index in [-0.39, 0.29) is 6.10 Å². The average molecular weight is 156 g/mol. The van der Waals surface area contributed by atoms with Crippen LogP contribution in [0.5, 0.6) is 0 Å². The number of oxime groups is 1. The molecule has 0 aromatic heterocycles. The number of nitrogens with zero attached hydrogens (tertiary/aromatic N) is 1. The number of ether oxygens (including phenoxy) is 1. The molecule has 1 unspecified atom stereocenters. The quantitative estimate of drug-likeness (QED) is 0.636. The first-order valence-electron chi connectivity index (χ1n) is 3.47. The lowest BCUT2D eigenvalue weighted by Crippen LogP contribution is -2.11. The van der Waals surface area contributed by atoms with Gasteiger partial charge in [0.2, 0.25) is 5.90 Å². The lowest BCUT2D eigenvalue weighted by Gasteiger charge is -2.01. The Labute approximate surface area is 65.6 Å². The summed E-state index contributed by atoms with van der Waals surface area (Å²) in [5.41, 5.74) is 5.78. The fourth-order valence-electron chi connectivity index (χ4n) is 0.730. The molecule has 1 atom stereocenters. The van der Waals surface area contributed by atoms with Crippen molar-refractivity contribution < 1.29 is 9.57 Å². The Morgan fingerprint density at radius 3 is 3.18 bits per heavy atom. The molecule has 2 N–H and O–H groups in total. The third kappa shape index (κ3) is 2.49. The molecule has 0 spiro atoms. The summed E-state index contributed by atoms with van der Waals surface area (Å²) in [6, 6.07) is 0. The summed E-state index contributed by atoms with van der Waals surface area (Å²) < 4.78 is 5.14. The highest BCUT2D eigenvalue weighted by Crippen LogP contribution is 2.09. The summed E-state index contributed by atoms with van der Waals surface area (Å²) in [5, 5.41) is 3.69. The van der Waals surface area contributed by atoms with E-state index in [1.54, 1.807) is 0 Å². The van der Waals surface area contributed by atoms with Crippen molar-refractivity contribution >= 4 is 5.90 Å². The minimum atomic E-state index is 0.121. The number of nitrogens with two attached hydrogens (primary N) is 1. The molecular weight excluding hydrogens is 144 g/mol. The summed E-state index contributed by atoms with van der Waals surface area (Å²) in [4.78, 5) is 4.89. The van der Waals surface area contributed by atoms with Crippen LogP contribution in [0.15, 0.2) is 17.4 Å². The molecule has 1 aliphatic heterocycles. The van der Waals surface area contributed by atoms with Crippen molar-refractivity contribution in [1.82, 2.24) is 0 Å². The van der Waals surface area contributed by atoms with Gasteiger partial charge in [0, 0.05) is 5.70 Å². The van der Waals surface area contributed by atoms with E-state index >= 15 is 0 Å². The second-order valence-corrected chi connectivity index (χ2v) is 2.55. The predicted molar refractivity (Wildman–Crippen MR) is 41.9 cm³/mol. The Hall–Kier alpha value is -1.19. The van der Waals surface area contributed by atoms with Gasteiger partial charge in [0.15, 0.2) is 0 Å². The molecule has 1 rings (SSSR count). The van der Waals surface area contributed by atoms with Gasteiger partial charge in [-0.15, -0.1) is 0 Å². The fourth-order valence-corrected chi connectivity index (χ4v) is 0.730. The van der Waals surface area contributed by atoms with Crippen LogP contribution < -0.4 is 5.73 Å². The van der Waals surface area contributed by atoms with E-state index < -0.39 is 0 Å². The molecule has 0 bridgehead atoms. The molecule has 0 aromatic rings. The molecule has 0 aliphatic carbocycles. The van der Waals surface area contributed by atoms with Crippen molar-refractivity contribution in [2.24, 2.45) is 10.9 Å². The van der Waals surface area contributed by atoms with Gasteiger partial charge in [-0.1, -0.05) is 11.7 Å². The highest BCUT2D eigenvalue weighted by molar-refractivity contribution is 5.77. The van der Waals surface area contributed by atoms with Crippen LogP contribution in [0.3, 0.4) is 0 Å². The molecular formula is C7H12N2O2. The lowest BCUT2D eigenvalue weighted by molar-refractivity contribution is 0.0990. The van der Waals surface area contributed by atoms with E-state index in [1.165, 1.54) is 0 Å². The molecule has 4 nitrogen and oxygen atoms in total. The highest BCUT2D eigenvalue weighted by Gasteiger charge is 2.16. The first-order valence-corrected chi connectivity index (χ1v) is 3.47. The zero-order valence-corrected chi connectivity index (χ0v) is 6.54. The third-order valence-electron chi connectivity index (χ3n) is 1.22. The van der Waals surface area contributed by atoms with Gasteiger partial charge in [-0.2, -0.15) is 0 Å². The van der Waals surface area contributed by atoms with Gasteiger partial charge in [0.05, 0.1) is 6.42 Å². The molecule has 0 fully saturated rings. The van der Waals surface area contributed by atoms with E-state index in [1.807, 2.05) is 6.92 Å². The number of hydrogen-bond donors (Lipinski definition) is 1. The van der Waals surface area contributed by atoms with Gasteiger partial charge in [-0.05, 0) is 6.92 Å². The second kappa shape index (κ2) is 3.27. The Kier molecular flexibility index (Phi) is 2.36. The van der Waals surface area contributed by atoms with Crippen LogP contribution in [0, 0.1) is 0 Å². The molecule has 1 aliphatic rings. The van der Waals surface area contributed by atoms with Crippen molar-refractivity contribution in [3.8, 4) is 0 Å². The SMILES string of the molecule is C=C(N)COC1=NOC(C)C1. The Morgan fingerprint density at radius 1 is 2.00 bits per heavy atom. The van der Waals surface area contributed by atoms with E-state index in [0.717, 1.165) is 0 Å². The van der Waals surface area contributed by atoms with Crippen LogP contribution in [0.2, 0.25) is 0 Å². The monoisotopic (exact) mass is 156 g/mol. The molecule has 62 valence electrons. The minimum Gasteiger partial charge on any atom is -0.472 e. The van der Waals surface area contributed by atoms with Gasteiger partial charge in [0.25, 0.3) is 0 Å². The van der Waals surface area contributed by atoms with Gasteiger partial charge >= 0.3 is 0 Å². The van der Waals surface area contributed by atoms with Crippen molar-refractivity contribution in [1.29, 1.82) is 0 Å². The van der Waals surface area contributed by atoms with Crippen molar-refractivity contribution in [3.05, 3.63) is 12.3 Å². The molecule has 1 heterocycles. The maximum atomic E-state index is 5.29. The largest absolute Gasteiger partial charge is 0.472 e. The smallest absolute Gasteiger partial charge is 0.229 e. The van der Waals surface area contributed by atoms with Gasteiger partial charge in [0.1, 0.15) is 12.7 Å². The molecule has 4 heteroatoms. The third-order valence-corrected chi connectivity index (χ3v) is 1.22. The predicted octanol–water partition coefficient (Wildman–Crippen LogP) is 0.598. The standard InChI is InChI=1S/C7H12N2O2/c1-5(8)4-10-7-3-6(2)11-9-7/h6H,1,3-4,8H2,2H3. The molecule has 0 amide bonds. The summed E-state index contributed by atoms with van der Waals surface area (Å²) in [5.74, 6) is 0.601. The van der Waals surface area contributed by atoms with E-state index in [2.05, 4.69) is 11.7 Å². The van der Waals surface area contributed by atoms with Gasteiger partial charge in [-0.25, -0.2) is 0 Å². The first-order chi connectivity index (χ1) is 5.18. The zero-order valence-electron chi connectivity index (χ0n) is 6.54. The summed E-state index contributed by atoms with van der Waals surface area (Å²) in [6.07, 6.45) is 0.837. The molecule has 11 heavy (non-hydrogen) atoms. The normalized spacial score (nSPS) is 22.3. The highest BCUT2D eigenvalue weighted by atomic mass is 16.7. The Bertz CT molecular complexity index is 189. The molecule has 0 saturated carbocycles. The van der Waals surface area contributed by atoms with Crippen molar-refractivity contribution in [3.63, 3.8) is 0 Å². The van der Waals surface area contributed by atoms with Crippen molar-refractivity contribution in [2.45, 2.75) is 19.4 Å². The van der Waals surface area contributed by atoms with E-state index in [0.29, 0.717) is 24.6 Å². The van der Waals surface area contributed by atoms with E-state index in [9.17, 15) is 0 Å². The second-order valence-electron chi connectivity index (χ2n) is 2.55. The van der Waals surface area contributed by atoms with Gasteiger partial charge < -0.3 is 15.3 Å². The van der Waals surface area contributed by atoms with Crippen LogP contribution in [0.1, 0.15) is 13.3 Å². The molecule has 0 radical (unpaired) electrons. The maximum absolute atomic E-state index is 5.29. The minimum absolute atomic E-state index is 0.121. The van der Waals surface area contributed by atoms with Crippen LogP contribution in [-0.4, -0.2) is 18.6 Å². The first kappa shape index (κ1) is 7.91. The summed E-state index contributed by atoms with van der Waals surface area (Å²) >= 11 is 0. The maximum Gasteiger partial charge on any atom is 0.229 e. The Balaban J connectivity index is 2.23. The van der Waals surface area contributed by atoms with Crippen LogP contribution in [-0.2, 0) is 9.57 Å². The summed E-state index contributed by atoms with van der Waals surface area (Å²) in [6.45, 7) is 5.73. The van der Waals surface area contributed by atoms with E-state index in [4.69, 9.17) is 15.3 Å². The summed E-state index contributed by atoms with van der Waals surface area (Å²) in [7, 11) is 0. The lowest BCUT2D eigenvalue weighted by atomic mass is 10.3. The molecule has 0 saturated heterocycles. The average Bonchev–Trinajstić information content (AvgIpc) is 2.31. The topological polar surface area (TPSA) is 56.8 Å². The zero-order chi connectivity index (χ0) is 8.27. The van der Waals surface area contributed by atoms with Crippen LogP contribution >= 0.6 is 0 Å². The Morgan fingerprint density at radius 2 is 2.73 bits per heavy atom. The molecule has 0 aromatic carbocycles. The number of rotatable bonds is 2. The van der Waals surface area contributed by atoms with Gasteiger partial charge in [-0.3, -0.25) is 0 Å². The van der Waals surface area contributed by atoms with Crippen LogP contribution in [0.4, 0.5) is 0 Å². The fraction of sp³-hybridized carbons (Fsp3) is 0.571. The van der Waals surface area contributed by atoms with Crippen molar-refractivity contribution in [2.75, 3.05) is 6.61 Å². The van der Waals surface area contributed by atoms with Crippen LogP contribution in [0.25, 0.3) is 0 Å².